The molecule has 2 rings (SSSR count). The van der Waals surface area contributed by atoms with Gasteiger partial charge in [0.1, 0.15) is 5.60 Å². The van der Waals surface area contributed by atoms with Crippen LogP contribution in [0.3, 0.4) is 0 Å². The van der Waals surface area contributed by atoms with Gasteiger partial charge >= 0.3 is 5.97 Å². The summed E-state index contributed by atoms with van der Waals surface area (Å²) in [6.45, 7) is 1.66. The van der Waals surface area contributed by atoms with Gasteiger partial charge in [0.2, 0.25) is 5.76 Å². The van der Waals surface area contributed by atoms with Crippen molar-refractivity contribution in [3.63, 3.8) is 0 Å². The van der Waals surface area contributed by atoms with Crippen LogP contribution in [-0.2, 0) is 9.53 Å². The van der Waals surface area contributed by atoms with E-state index in [0.29, 0.717) is 6.42 Å². The molecule has 0 aromatic heterocycles. The van der Waals surface area contributed by atoms with E-state index >= 15 is 0 Å². The van der Waals surface area contributed by atoms with E-state index in [1.165, 1.54) is 0 Å². The van der Waals surface area contributed by atoms with Crippen LogP contribution in [0, 0.1) is 5.92 Å². The summed E-state index contributed by atoms with van der Waals surface area (Å²) >= 11 is 0. The first-order valence-corrected chi connectivity index (χ1v) is 4.62. The molecule has 0 aromatic carbocycles. The number of hydrogen-bond acceptors (Lipinski definition) is 6. The predicted octanol–water partition coefficient (Wildman–Crippen LogP) is -0.629. The van der Waals surface area contributed by atoms with Gasteiger partial charge in [-0.25, -0.2) is 4.79 Å². The molecule has 84 valence electrons. The molecule has 4 atom stereocenters. The lowest BCUT2D eigenvalue weighted by Gasteiger charge is -2.50. The van der Waals surface area contributed by atoms with Gasteiger partial charge < -0.3 is 25.2 Å². The molecule has 6 heteroatoms. The molecule has 0 saturated heterocycles. The Balaban J connectivity index is 2.31. The van der Waals surface area contributed by atoms with Gasteiger partial charge in [0.25, 0.3) is 0 Å². The number of hydrogen-bond donors (Lipinski definition) is 4. The van der Waals surface area contributed by atoms with Crippen LogP contribution in [0.2, 0.25) is 0 Å². The molecule has 1 fully saturated rings. The summed E-state index contributed by atoms with van der Waals surface area (Å²) in [5, 5.41) is 37.9. The van der Waals surface area contributed by atoms with E-state index in [0.717, 1.165) is 0 Å². The van der Waals surface area contributed by atoms with Crippen molar-refractivity contribution in [1.29, 1.82) is 0 Å². The molecule has 0 spiro atoms. The van der Waals surface area contributed by atoms with E-state index in [9.17, 15) is 20.1 Å². The van der Waals surface area contributed by atoms with E-state index in [1.807, 2.05) is 0 Å². The first-order chi connectivity index (χ1) is 6.89. The van der Waals surface area contributed by atoms with E-state index in [4.69, 9.17) is 5.11 Å². The Morgan fingerprint density at radius 1 is 1.47 bits per heavy atom. The highest BCUT2D eigenvalue weighted by Crippen LogP contribution is 2.45. The highest BCUT2D eigenvalue weighted by atomic mass is 16.6. The molecular weight excluding hydrogens is 204 g/mol. The van der Waals surface area contributed by atoms with Crippen molar-refractivity contribution in [2.24, 2.45) is 5.92 Å². The first-order valence-electron chi connectivity index (χ1n) is 4.62. The maximum absolute atomic E-state index is 10.9. The molecule has 4 N–H and O–H groups in total. The smallest absolute Gasteiger partial charge is 0.378 e. The maximum atomic E-state index is 10.9. The third kappa shape index (κ3) is 1.09. The summed E-state index contributed by atoms with van der Waals surface area (Å²) < 4.78 is 4.61. The fourth-order valence-electron chi connectivity index (χ4n) is 2.07. The minimum atomic E-state index is -1.70. The third-order valence-electron chi connectivity index (χ3n) is 3.23. The lowest BCUT2D eigenvalue weighted by atomic mass is 9.64. The zero-order valence-electron chi connectivity index (χ0n) is 8.04. The number of rotatable bonds is 1. The van der Waals surface area contributed by atoms with Gasteiger partial charge in [0.05, 0.1) is 6.10 Å². The summed E-state index contributed by atoms with van der Waals surface area (Å²) in [5.74, 6) is -3.02. The van der Waals surface area contributed by atoms with Crippen molar-refractivity contribution in [3.05, 3.63) is 11.5 Å². The van der Waals surface area contributed by atoms with Crippen molar-refractivity contribution < 1.29 is 30.0 Å². The minimum absolute atomic E-state index is 0.321. The van der Waals surface area contributed by atoms with Gasteiger partial charge in [-0.1, -0.05) is 6.92 Å². The number of ether oxygens (including phenoxy) is 1. The Morgan fingerprint density at radius 2 is 2.07 bits per heavy atom. The summed E-state index contributed by atoms with van der Waals surface area (Å²) in [6, 6.07) is 0. The third-order valence-corrected chi connectivity index (χ3v) is 3.23. The van der Waals surface area contributed by atoms with Gasteiger partial charge in [0, 0.05) is 0 Å². The van der Waals surface area contributed by atoms with E-state index in [1.54, 1.807) is 6.92 Å². The largest absolute Gasteiger partial charge is 0.505 e. The fourth-order valence-corrected chi connectivity index (χ4v) is 2.07. The van der Waals surface area contributed by atoms with Gasteiger partial charge in [-0.3, -0.25) is 0 Å². The van der Waals surface area contributed by atoms with Gasteiger partial charge in [-0.2, -0.15) is 0 Å². The zero-order valence-corrected chi connectivity index (χ0v) is 8.04. The van der Waals surface area contributed by atoms with E-state index in [-0.39, 0.29) is 5.92 Å². The summed E-state index contributed by atoms with van der Waals surface area (Å²) in [4.78, 5) is 10.9. The topological polar surface area (TPSA) is 107 Å². The van der Waals surface area contributed by atoms with E-state index in [2.05, 4.69) is 4.74 Å². The molecule has 2 unspecified atom stereocenters. The van der Waals surface area contributed by atoms with Gasteiger partial charge in [-0.15, -0.1) is 0 Å². The maximum Gasteiger partial charge on any atom is 0.378 e. The van der Waals surface area contributed by atoms with Crippen molar-refractivity contribution in [2.45, 2.75) is 31.2 Å². The van der Waals surface area contributed by atoms with Crippen LogP contribution in [0.5, 0.6) is 0 Å². The van der Waals surface area contributed by atoms with Crippen LogP contribution in [0.25, 0.3) is 0 Å². The Kier molecular flexibility index (Phi) is 1.96. The Morgan fingerprint density at radius 3 is 2.40 bits per heavy atom. The van der Waals surface area contributed by atoms with Crippen molar-refractivity contribution in [1.82, 2.24) is 0 Å². The van der Waals surface area contributed by atoms with Crippen molar-refractivity contribution in [2.75, 3.05) is 0 Å². The molecule has 1 aliphatic heterocycles. The lowest BCUT2D eigenvalue weighted by Crippen LogP contribution is -2.65. The Hall–Kier alpha value is -1.27. The van der Waals surface area contributed by atoms with Crippen LogP contribution in [-0.4, -0.2) is 44.2 Å². The SMILES string of the molecule is CC1CC(O)[C@]1(O)[C@H]1OC(=O)C(O)=C1O. The Bertz CT molecular complexity index is 339. The molecule has 1 heterocycles. The van der Waals surface area contributed by atoms with Gasteiger partial charge in [0.15, 0.2) is 11.9 Å². The summed E-state index contributed by atoms with van der Waals surface area (Å²) in [7, 11) is 0. The molecule has 2 aliphatic rings. The quantitative estimate of drug-likeness (QED) is 0.435. The highest BCUT2D eigenvalue weighted by molar-refractivity contribution is 5.89. The van der Waals surface area contributed by atoms with Crippen LogP contribution >= 0.6 is 0 Å². The second-order valence-corrected chi connectivity index (χ2v) is 4.06. The van der Waals surface area contributed by atoms with Crippen LogP contribution in [0.15, 0.2) is 11.5 Å². The molecule has 0 radical (unpaired) electrons. The summed E-state index contributed by atoms with van der Waals surface area (Å²) in [5.41, 5.74) is -1.70. The molecular formula is C9H12O6. The average molecular weight is 216 g/mol. The Labute approximate surface area is 85.4 Å². The molecule has 1 aliphatic carbocycles. The minimum Gasteiger partial charge on any atom is -0.505 e. The van der Waals surface area contributed by atoms with Crippen molar-refractivity contribution in [3.8, 4) is 0 Å². The lowest BCUT2D eigenvalue weighted by molar-refractivity contribution is -0.235. The number of aliphatic hydroxyl groups excluding tert-OH is 3. The number of carbonyl (C=O) groups excluding carboxylic acids is 1. The summed E-state index contributed by atoms with van der Waals surface area (Å²) in [6.07, 6.45) is -2.08. The van der Waals surface area contributed by atoms with Crippen LogP contribution < -0.4 is 0 Å². The first kappa shape index (κ1) is 10.3. The standard InChI is InChI=1S/C9H12O6/c1-3-2-4(10)9(3,14)7-5(11)6(12)8(13)15-7/h3-4,7,10-12,14H,2H2,1H3/t3?,4?,7-,9-/m0/s1. The second-order valence-electron chi connectivity index (χ2n) is 4.06. The molecule has 6 nitrogen and oxygen atoms in total. The molecule has 0 amide bonds. The zero-order chi connectivity index (χ0) is 11.4. The monoisotopic (exact) mass is 216 g/mol. The van der Waals surface area contributed by atoms with Crippen LogP contribution in [0.1, 0.15) is 13.3 Å². The van der Waals surface area contributed by atoms with E-state index < -0.39 is 35.3 Å². The number of esters is 1. The normalized spacial score (nSPS) is 45.3. The number of aliphatic hydroxyl groups is 4. The number of cyclic esters (lactones) is 1. The van der Waals surface area contributed by atoms with Gasteiger partial charge in [-0.05, 0) is 12.3 Å². The molecule has 1 saturated carbocycles. The van der Waals surface area contributed by atoms with Crippen molar-refractivity contribution >= 4 is 5.97 Å². The second kappa shape index (κ2) is 2.86. The predicted molar refractivity (Wildman–Crippen MR) is 46.9 cm³/mol. The molecule has 0 bridgehead atoms. The molecule has 15 heavy (non-hydrogen) atoms. The highest BCUT2D eigenvalue weighted by Gasteiger charge is 2.61. The fraction of sp³-hybridized carbons (Fsp3) is 0.667. The van der Waals surface area contributed by atoms with Crippen LogP contribution in [0.4, 0.5) is 0 Å². The molecule has 0 aromatic rings. The number of carbonyl (C=O) groups is 1. The average Bonchev–Trinajstić information content (AvgIpc) is 2.45.